The Morgan fingerprint density at radius 3 is 2.88 bits per heavy atom. The van der Waals surface area contributed by atoms with Crippen molar-refractivity contribution in [1.29, 1.82) is 0 Å². The average Bonchev–Trinajstić information content (AvgIpc) is 2.72. The molecule has 2 aromatic heterocycles. The third-order valence-corrected chi connectivity index (χ3v) is 4.04. The van der Waals surface area contributed by atoms with E-state index in [4.69, 9.17) is 11.6 Å². The second-order valence-corrected chi connectivity index (χ2v) is 5.91. The molecule has 0 aliphatic heterocycles. The van der Waals surface area contributed by atoms with E-state index < -0.39 is 0 Å². The first kappa shape index (κ1) is 11.1. The molecule has 0 fully saturated rings. The average molecular weight is 326 g/mol. The second kappa shape index (κ2) is 4.37. The Morgan fingerprint density at radius 2 is 2.06 bits per heavy atom. The molecule has 0 saturated heterocycles. The molecule has 0 radical (unpaired) electrons. The van der Waals surface area contributed by atoms with Crippen LogP contribution >= 0.6 is 38.9 Å². The Hall–Kier alpha value is -0.970. The quantitative estimate of drug-likeness (QED) is 0.644. The van der Waals surface area contributed by atoms with Crippen molar-refractivity contribution in [3.05, 3.63) is 46.2 Å². The van der Waals surface area contributed by atoms with Gasteiger partial charge >= 0.3 is 0 Å². The molecule has 84 valence electrons. The molecule has 0 spiro atoms. The van der Waals surface area contributed by atoms with Crippen LogP contribution in [0.2, 0.25) is 5.02 Å². The van der Waals surface area contributed by atoms with Crippen LogP contribution in [-0.4, -0.2) is 9.97 Å². The van der Waals surface area contributed by atoms with Crippen molar-refractivity contribution in [1.82, 2.24) is 9.97 Å². The standard InChI is InChI=1S/C12H6BrClN2S/c13-8-3-7(5-15-6-8)12-16-10-2-1-9(14)4-11(10)17-12/h1-6H. The van der Waals surface area contributed by atoms with Crippen molar-refractivity contribution in [2.75, 3.05) is 0 Å². The highest BCUT2D eigenvalue weighted by atomic mass is 79.9. The second-order valence-electron chi connectivity index (χ2n) is 3.52. The van der Waals surface area contributed by atoms with Gasteiger partial charge in [0.25, 0.3) is 0 Å². The van der Waals surface area contributed by atoms with Crippen LogP contribution in [0.3, 0.4) is 0 Å². The van der Waals surface area contributed by atoms with Gasteiger partial charge in [-0.15, -0.1) is 11.3 Å². The van der Waals surface area contributed by atoms with Crippen LogP contribution in [0.5, 0.6) is 0 Å². The molecule has 0 saturated carbocycles. The Labute approximate surface area is 115 Å². The summed E-state index contributed by atoms with van der Waals surface area (Å²) in [7, 11) is 0. The lowest BCUT2D eigenvalue weighted by Crippen LogP contribution is -1.78. The largest absolute Gasteiger partial charge is 0.263 e. The van der Waals surface area contributed by atoms with Crippen LogP contribution in [0, 0.1) is 0 Å². The van der Waals surface area contributed by atoms with Crippen molar-refractivity contribution in [3.8, 4) is 10.6 Å². The zero-order chi connectivity index (χ0) is 11.8. The van der Waals surface area contributed by atoms with Crippen LogP contribution in [-0.2, 0) is 0 Å². The molecule has 1 aromatic carbocycles. The summed E-state index contributed by atoms with van der Waals surface area (Å²) in [5, 5.41) is 1.69. The number of benzene rings is 1. The monoisotopic (exact) mass is 324 g/mol. The number of nitrogens with zero attached hydrogens (tertiary/aromatic N) is 2. The molecule has 2 nitrogen and oxygen atoms in total. The molecule has 0 unspecified atom stereocenters. The fourth-order valence-corrected chi connectivity index (χ4v) is 3.14. The minimum absolute atomic E-state index is 0.736. The van der Waals surface area contributed by atoms with Crippen LogP contribution in [0.4, 0.5) is 0 Å². The van der Waals surface area contributed by atoms with Gasteiger partial charge in [-0.3, -0.25) is 4.98 Å². The Bertz CT molecular complexity index is 696. The third kappa shape index (κ3) is 2.20. The van der Waals surface area contributed by atoms with Gasteiger partial charge in [-0.25, -0.2) is 4.98 Å². The lowest BCUT2D eigenvalue weighted by molar-refractivity contribution is 1.30. The molecule has 0 amide bonds. The summed E-state index contributed by atoms with van der Waals surface area (Å²) < 4.78 is 2.04. The van der Waals surface area contributed by atoms with Gasteiger partial charge in [0.2, 0.25) is 0 Å². The number of pyridine rings is 1. The van der Waals surface area contributed by atoms with Crippen LogP contribution in [0.25, 0.3) is 20.8 Å². The van der Waals surface area contributed by atoms with E-state index >= 15 is 0 Å². The maximum Gasteiger partial charge on any atom is 0.126 e. The Balaban J connectivity index is 2.18. The maximum absolute atomic E-state index is 5.96. The van der Waals surface area contributed by atoms with Crippen molar-refractivity contribution in [2.24, 2.45) is 0 Å². The van der Waals surface area contributed by atoms with Gasteiger partial charge in [0.15, 0.2) is 0 Å². The lowest BCUT2D eigenvalue weighted by Gasteiger charge is -1.94. The maximum atomic E-state index is 5.96. The molecule has 2 heterocycles. The van der Waals surface area contributed by atoms with Crippen LogP contribution in [0.1, 0.15) is 0 Å². The molecule has 17 heavy (non-hydrogen) atoms. The molecular weight excluding hydrogens is 320 g/mol. The normalized spacial score (nSPS) is 10.9. The van der Waals surface area contributed by atoms with Crippen molar-refractivity contribution >= 4 is 49.1 Å². The van der Waals surface area contributed by atoms with E-state index in [0.29, 0.717) is 0 Å². The summed E-state index contributed by atoms with van der Waals surface area (Å²) in [6.45, 7) is 0. The van der Waals surface area contributed by atoms with Gasteiger partial charge in [0.1, 0.15) is 5.01 Å². The predicted molar refractivity (Wildman–Crippen MR) is 75.6 cm³/mol. The molecule has 0 N–H and O–H groups in total. The number of rotatable bonds is 1. The molecule has 5 heteroatoms. The highest BCUT2D eigenvalue weighted by Crippen LogP contribution is 2.32. The zero-order valence-electron chi connectivity index (χ0n) is 8.52. The van der Waals surface area contributed by atoms with Crippen molar-refractivity contribution in [2.45, 2.75) is 0 Å². The molecule has 3 rings (SSSR count). The van der Waals surface area contributed by atoms with Gasteiger partial charge in [-0.1, -0.05) is 11.6 Å². The van der Waals surface area contributed by atoms with Gasteiger partial charge in [0.05, 0.1) is 10.2 Å². The van der Waals surface area contributed by atoms with Crippen LogP contribution in [0.15, 0.2) is 41.1 Å². The van der Waals surface area contributed by atoms with E-state index in [1.165, 1.54) is 0 Å². The first-order chi connectivity index (χ1) is 8.22. The number of thiazole rings is 1. The Morgan fingerprint density at radius 1 is 1.18 bits per heavy atom. The summed E-state index contributed by atoms with van der Waals surface area (Å²) in [6.07, 6.45) is 3.57. The fraction of sp³-hybridized carbons (Fsp3) is 0. The van der Waals surface area contributed by atoms with Gasteiger partial charge in [0, 0.05) is 27.5 Å². The van der Waals surface area contributed by atoms with Crippen molar-refractivity contribution in [3.63, 3.8) is 0 Å². The first-order valence-corrected chi connectivity index (χ1v) is 6.88. The Kier molecular flexibility index (Phi) is 2.86. The topological polar surface area (TPSA) is 25.8 Å². The van der Waals surface area contributed by atoms with E-state index in [-0.39, 0.29) is 0 Å². The number of halogens is 2. The highest BCUT2D eigenvalue weighted by Gasteiger charge is 2.07. The molecular formula is C12H6BrClN2S. The smallest absolute Gasteiger partial charge is 0.126 e. The van der Waals surface area contributed by atoms with Crippen molar-refractivity contribution < 1.29 is 0 Å². The summed E-state index contributed by atoms with van der Waals surface area (Å²) >= 11 is 11.0. The molecule has 0 aliphatic carbocycles. The number of aromatic nitrogens is 2. The molecule has 3 aromatic rings. The summed E-state index contributed by atoms with van der Waals surface area (Å²) in [5.41, 5.74) is 1.98. The number of hydrogen-bond donors (Lipinski definition) is 0. The van der Waals surface area contributed by atoms with Gasteiger partial charge < -0.3 is 0 Å². The van der Waals surface area contributed by atoms with E-state index in [9.17, 15) is 0 Å². The lowest BCUT2D eigenvalue weighted by atomic mass is 10.3. The zero-order valence-corrected chi connectivity index (χ0v) is 11.7. The summed E-state index contributed by atoms with van der Waals surface area (Å²) in [5.74, 6) is 0. The van der Waals surface area contributed by atoms with Gasteiger partial charge in [-0.05, 0) is 40.2 Å². The minimum Gasteiger partial charge on any atom is -0.263 e. The first-order valence-electron chi connectivity index (χ1n) is 4.89. The van der Waals surface area contributed by atoms with E-state index in [1.807, 2.05) is 30.5 Å². The summed E-state index contributed by atoms with van der Waals surface area (Å²) in [4.78, 5) is 8.71. The highest BCUT2D eigenvalue weighted by molar-refractivity contribution is 9.10. The molecule has 0 bridgehead atoms. The molecule has 0 aliphatic rings. The fourth-order valence-electron chi connectivity index (χ4n) is 1.55. The van der Waals surface area contributed by atoms with Gasteiger partial charge in [-0.2, -0.15) is 0 Å². The van der Waals surface area contributed by atoms with Crippen LogP contribution < -0.4 is 0 Å². The SMILES string of the molecule is Clc1ccc2nc(-c3cncc(Br)c3)sc2c1. The third-order valence-electron chi connectivity index (χ3n) is 2.30. The predicted octanol–water partition coefficient (Wildman–Crippen LogP) is 4.77. The molecule has 0 atom stereocenters. The minimum atomic E-state index is 0.736. The van der Waals surface area contributed by atoms with E-state index in [1.54, 1.807) is 17.5 Å². The van der Waals surface area contributed by atoms with E-state index in [0.717, 1.165) is 30.3 Å². The summed E-state index contributed by atoms with van der Waals surface area (Å²) in [6, 6.07) is 7.73. The van der Waals surface area contributed by atoms with E-state index in [2.05, 4.69) is 25.9 Å². The number of hydrogen-bond acceptors (Lipinski definition) is 3. The number of fused-ring (bicyclic) bond motifs is 1.